The number of anilines is 1. The van der Waals surface area contributed by atoms with Gasteiger partial charge in [0.25, 0.3) is 5.69 Å². The van der Waals surface area contributed by atoms with Gasteiger partial charge in [-0.2, -0.15) is 0 Å². The molecular formula is C21H19ClFN5O5. The highest BCUT2D eigenvalue weighted by Crippen LogP contribution is 2.28. The van der Waals surface area contributed by atoms with E-state index in [1.54, 1.807) is 23.1 Å². The molecule has 0 aliphatic carbocycles. The SMILES string of the molecule is O=C(CCc1c(Cl)cccc1[N+](=O)[O-])N1CCN(c2ccc(-c3noc(=O)[nH]3)cc2F)CC1. The van der Waals surface area contributed by atoms with Gasteiger partial charge in [0.1, 0.15) is 5.82 Å². The van der Waals surface area contributed by atoms with Crippen LogP contribution in [0.2, 0.25) is 5.02 Å². The summed E-state index contributed by atoms with van der Waals surface area (Å²) in [6, 6.07) is 8.91. The number of amides is 1. The maximum Gasteiger partial charge on any atom is 0.439 e. The summed E-state index contributed by atoms with van der Waals surface area (Å²) in [7, 11) is 0. The molecule has 0 saturated carbocycles. The number of rotatable bonds is 6. The molecule has 10 nitrogen and oxygen atoms in total. The number of nitrogens with one attached hydrogen (secondary N) is 1. The van der Waals surface area contributed by atoms with E-state index in [2.05, 4.69) is 14.7 Å². The molecule has 0 radical (unpaired) electrons. The fourth-order valence-electron chi connectivity index (χ4n) is 3.82. The summed E-state index contributed by atoms with van der Waals surface area (Å²) in [4.78, 5) is 40.3. The van der Waals surface area contributed by atoms with Crippen molar-refractivity contribution >= 4 is 28.9 Å². The van der Waals surface area contributed by atoms with Gasteiger partial charge in [0.15, 0.2) is 5.82 Å². The first kappa shape index (κ1) is 22.5. The van der Waals surface area contributed by atoms with Gasteiger partial charge in [0.05, 0.1) is 15.6 Å². The van der Waals surface area contributed by atoms with Gasteiger partial charge in [-0.25, -0.2) is 9.18 Å². The number of piperazine rings is 1. The Hall–Kier alpha value is -3.73. The van der Waals surface area contributed by atoms with Gasteiger partial charge >= 0.3 is 5.76 Å². The molecular weight excluding hydrogens is 457 g/mol. The lowest BCUT2D eigenvalue weighted by molar-refractivity contribution is -0.385. The average molecular weight is 476 g/mol. The van der Waals surface area contributed by atoms with E-state index in [1.807, 2.05) is 4.90 Å². The Labute approximate surface area is 191 Å². The number of hydrogen-bond acceptors (Lipinski definition) is 7. The Balaban J connectivity index is 1.36. The van der Waals surface area contributed by atoms with Crippen LogP contribution >= 0.6 is 11.6 Å². The third-order valence-corrected chi connectivity index (χ3v) is 5.87. The minimum absolute atomic E-state index is 0.0868. The molecule has 1 N–H and O–H groups in total. The molecule has 1 saturated heterocycles. The molecule has 33 heavy (non-hydrogen) atoms. The predicted molar refractivity (Wildman–Crippen MR) is 118 cm³/mol. The highest BCUT2D eigenvalue weighted by molar-refractivity contribution is 6.31. The van der Waals surface area contributed by atoms with Crippen molar-refractivity contribution in [1.82, 2.24) is 15.0 Å². The van der Waals surface area contributed by atoms with Crippen LogP contribution in [0, 0.1) is 15.9 Å². The maximum absolute atomic E-state index is 14.7. The lowest BCUT2D eigenvalue weighted by Gasteiger charge is -2.36. The maximum atomic E-state index is 14.7. The van der Waals surface area contributed by atoms with Crippen molar-refractivity contribution in [3.63, 3.8) is 0 Å². The van der Waals surface area contributed by atoms with Gasteiger partial charge in [0, 0.05) is 49.8 Å². The van der Waals surface area contributed by atoms with Crippen LogP contribution in [0.5, 0.6) is 0 Å². The normalized spacial score (nSPS) is 13.9. The molecule has 1 fully saturated rings. The first-order valence-corrected chi connectivity index (χ1v) is 10.5. The number of nitro groups is 1. The highest BCUT2D eigenvalue weighted by Gasteiger charge is 2.24. The Bertz CT molecular complexity index is 1250. The molecule has 0 spiro atoms. The molecule has 4 rings (SSSR count). The summed E-state index contributed by atoms with van der Waals surface area (Å²) < 4.78 is 19.1. The Morgan fingerprint density at radius 3 is 2.64 bits per heavy atom. The molecule has 1 aliphatic heterocycles. The number of aromatic amines is 1. The van der Waals surface area contributed by atoms with Crippen LogP contribution in [0.3, 0.4) is 0 Å². The molecule has 0 unspecified atom stereocenters. The molecule has 1 aromatic heterocycles. The van der Waals surface area contributed by atoms with Crippen LogP contribution in [0.4, 0.5) is 15.8 Å². The summed E-state index contributed by atoms with van der Waals surface area (Å²) in [6.07, 6.45) is 0.249. The number of carbonyl (C=O) groups excluding carboxylic acids is 1. The van der Waals surface area contributed by atoms with Crippen molar-refractivity contribution in [2.45, 2.75) is 12.8 Å². The van der Waals surface area contributed by atoms with Crippen LogP contribution in [0.25, 0.3) is 11.4 Å². The summed E-state index contributed by atoms with van der Waals surface area (Å²) >= 11 is 6.10. The summed E-state index contributed by atoms with van der Waals surface area (Å²) in [5.41, 5.74) is 0.994. The summed E-state index contributed by atoms with van der Waals surface area (Å²) in [5, 5.41) is 15.0. The van der Waals surface area contributed by atoms with Crippen LogP contribution in [-0.4, -0.2) is 52.1 Å². The third-order valence-electron chi connectivity index (χ3n) is 5.51. The minimum Gasteiger partial charge on any atom is -0.366 e. The largest absolute Gasteiger partial charge is 0.439 e. The number of nitro benzene ring substituents is 1. The highest BCUT2D eigenvalue weighted by atomic mass is 35.5. The monoisotopic (exact) mass is 475 g/mol. The molecule has 3 aromatic rings. The van der Waals surface area contributed by atoms with E-state index < -0.39 is 16.5 Å². The van der Waals surface area contributed by atoms with Gasteiger partial charge in [-0.05, 0) is 30.7 Å². The molecule has 172 valence electrons. The second-order valence-electron chi connectivity index (χ2n) is 7.47. The van der Waals surface area contributed by atoms with Gasteiger partial charge in [-0.1, -0.05) is 22.8 Å². The quantitative estimate of drug-likeness (QED) is 0.429. The van der Waals surface area contributed by atoms with Crippen molar-refractivity contribution in [2.75, 3.05) is 31.1 Å². The molecule has 1 amide bonds. The van der Waals surface area contributed by atoms with Crippen molar-refractivity contribution in [2.24, 2.45) is 0 Å². The number of aromatic nitrogens is 2. The number of halogens is 2. The number of benzene rings is 2. The minimum atomic E-state index is -0.723. The molecule has 2 heterocycles. The van der Waals surface area contributed by atoms with E-state index in [-0.39, 0.29) is 35.3 Å². The van der Waals surface area contributed by atoms with Crippen molar-refractivity contribution in [3.05, 3.63) is 73.5 Å². The van der Waals surface area contributed by atoms with Crippen molar-refractivity contribution < 1.29 is 18.6 Å². The predicted octanol–water partition coefficient (Wildman–Crippen LogP) is 3.01. The molecule has 2 aromatic carbocycles. The number of hydrogen-bond donors (Lipinski definition) is 1. The molecule has 12 heteroatoms. The van der Waals surface area contributed by atoms with E-state index in [1.165, 1.54) is 18.2 Å². The zero-order chi connectivity index (χ0) is 23.5. The van der Waals surface area contributed by atoms with E-state index in [4.69, 9.17) is 11.6 Å². The van der Waals surface area contributed by atoms with Gasteiger partial charge in [0.2, 0.25) is 5.91 Å². The van der Waals surface area contributed by atoms with E-state index in [9.17, 15) is 24.1 Å². The lowest BCUT2D eigenvalue weighted by Crippen LogP contribution is -2.49. The number of nitrogens with zero attached hydrogens (tertiary/aromatic N) is 4. The molecule has 1 aliphatic rings. The summed E-state index contributed by atoms with van der Waals surface area (Å²) in [5.74, 6) is -1.21. The number of H-pyrrole nitrogens is 1. The first-order valence-electron chi connectivity index (χ1n) is 10.1. The topological polar surface area (TPSA) is 126 Å². The van der Waals surface area contributed by atoms with Gasteiger partial charge in [-0.15, -0.1) is 0 Å². The Kier molecular flexibility index (Phi) is 6.40. The smallest absolute Gasteiger partial charge is 0.366 e. The Morgan fingerprint density at radius 2 is 2.00 bits per heavy atom. The molecule has 0 atom stereocenters. The zero-order valence-corrected chi connectivity index (χ0v) is 18.0. The average Bonchev–Trinajstić information content (AvgIpc) is 3.24. The number of carbonyl (C=O) groups is 1. The second kappa shape index (κ2) is 9.41. The van der Waals surface area contributed by atoms with E-state index in [0.717, 1.165) is 0 Å². The lowest BCUT2D eigenvalue weighted by atomic mass is 10.1. The standard InChI is InChI=1S/C21H19ClFN5O5/c22-15-2-1-3-17(28(31)32)14(15)5-7-19(29)27-10-8-26(9-11-27)18-6-4-13(12-16(18)23)20-24-21(30)33-25-20/h1-4,6,12H,5,7-11H2,(H,24,25,30). The fraction of sp³-hybridized carbons (Fsp3) is 0.286. The van der Waals surface area contributed by atoms with Crippen molar-refractivity contribution in [1.29, 1.82) is 0 Å². The van der Waals surface area contributed by atoms with Crippen LogP contribution in [0.1, 0.15) is 12.0 Å². The van der Waals surface area contributed by atoms with Crippen LogP contribution < -0.4 is 10.7 Å². The Morgan fingerprint density at radius 1 is 1.24 bits per heavy atom. The second-order valence-corrected chi connectivity index (χ2v) is 7.88. The summed E-state index contributed by atoms with van der Waals surface area (Å²) in [6.45, 7) is 1.63. The van der Waals surface area contributed by atoms with Crippen LogP contribution in [0.15, 0.2) is 45.7 Å². The van der Waals surface area contributed by atoms with E-state index >= 15 is 0 Å². The zero-order valence-electron chi connectivity index (χ0n) is 17.3. The van der Waals surface area contributed by atoms with E-state index in [0.29, 0.717) is 43.0 Å². The first-order chi connectivity index (χ1) is 15.8. The fourth-order valence-corrected chi connectivity index (χ4v) is 4.08. The van der Waals surface area contributed by atoms with Gasteiger partial charge in [-0.3, -0.25) is 24.4 Å². The molecule has 0 bridgehead atoms. The van der Waals surface area contributed by atoms with Crippen molar-refractivity contribution in [3.8, 4) is 11.4 Å². The van der Waals surface area contributed by atoms with Crippen LogP contribution in [-0.2, 0) is 11.2 Å². The third kappa shape index (κ3) is 4.87. The van der Waals surface area contributed by atoms with Gasteiger partial charge < -0.3 is 9.80 Å².